The van der Waals surface area contributed by atoms with E-state index in [1.54, 1.807) is 0 Å². The number of nitrogens with one attached hydrogen (secondary N) is 1. The zero-order valence-corrected chi connectivity index (χ0v) is 14.6. The highest BCUT2D eigenvalue weighted by Crippen LogP contribution is 2.22. The van der Waals surface area contributed by atoms with Crippen LogP contribution in [0.5, 0.6) is 0 Å². The minimum absolute atomic E-state index is 0.125. The highest BCUT2D eigenvalue weighted by atomic mass is 16.6. The molecule has 23 heavy (non-hydrogen) atoms. The van der Waals surface area contributed by atoms with Crippen molar-refractivity contribution in [1.82, 2.24) is 10.2 Å². The van der Waals surface area contributed by atoms with Crippen LogP contribution in [0.4, 0.5) is 4.79 Å². The van der Waals surface area contributed by atoms with Crippen molar-refractivity contribution in [1.29, 1.82) is 0 Å². The summed E-state index contributed by atoms with van der Waals surface area (Å²) < 4.78 is 5.45. The predicted molar refractivity (Wildman–Crippen MR) is 90.0 cm³/mol. The van der Waals surface area contributed by atoms with Gasteiger partial charge < -0.3 is 15.0 Å². The molecule has 0 unspecified atom stereocenters. The Hall–Kier alpha value is -1.52. The first-order valence-electron chi connectivity index (χ1n) is 8.76. The number of carbonyl (C=O) groups is 2. The second kappa shape index (κ2) is 7.84. The highest BCUT2D eigenvalue weighted by Gasteiger charge is 2.27. The van der Waals surface area contributed by atoms with Gasteiger partial charge in [0.15, 0.2) is 0 Å². The third-order valence-electron chi connectivity index (χ3n) is 4.40. The standard InChI is InChI=1S/C18H30N2O3/c1-18(2,3)23-17(22)20-12-6-7-14(13-20)10-11-19-16(21)15-8-4-5-9-15/h4-5,14-15H,6-13H2,1-3H3,(H,19,21)/t14-/m0/s1. The zero-order chi connectivity index (χ0) is 16.9. The zero-order valence-electron chi connectivity index (χ0n) is 14.6. The van der Waals surface area contributed by atoms with E-state index < -0.39 is 5.60 Å². The maximum absolute atomic E-state index is 12.1. The van der Waals surface area contributed by atoms with Gasteiger partial charge in [0.1, 0.15) is 5.60 Å². The van der Waals surface area contributed by atoms with E-state index >= 15 is 0 Å². The lowest BCUT2D eigenvalue weighted by molar-refractivity contribution is -0.124. The van der Waals surface area contributed by atoms with Gasteiger partial charge in [-0.25, -0.2) is 4.79 Å². The van der Waals surface area contributed by atoms with Gasteiger partial charge in [0.25, 0.3) is 0 Å². The summed E-state index contributed by atoms with van der Waals surface area (Å²) >= 11 is 0. The molecule has 1 aliphatic carbocycles. The molecule has 1 atom stereocenters. The minimum Gasteiger partial charge on any atom is -0.444 e. The van der Waals surface area contributed by atoms with Crippen LogP contribution in [0.1, 0.15) is 52.9 Å². The molecule has 0 radical (unpaired) electrons. The van der Waals surface area contributed by atoms with Gasteiger partial charge in [-0.3, -0.25) is 4.79 Å². The molecule has 5 heteroatoms. The molecule has 2 aliphatic rings. The van der Waals surface area contributed by atoms with E-state index in [1.165, 1.54) is 0 Å². The van der Waals surface area contributed by atoms with Crippen LogP contribution in [-0.4, -0.2) is 42.1 Å². The molecule has 0 aromatic rings. The monoisotopic (exact) mass is 322 g/mol. The van der Waals surface area contributed by atoms with E-state index in [0.29, 0.717) is 12.5 Å². The molecule has 5 nitrogen and oxygen atoms in total. The number of carbonyl (C=O) groups excluding carboxylic acids is 2. The fourth-order valence-electron chi connectivity index (χ4n) is 3.17. The SMILES string of the molecule is CC(C)(C)OC(=O)N1CCC[C@@H](CCNC(=O)C2CC=CC2)C1. The lowest BCUT2D eigenvalue weighted by Gasteiger charge is -2.34. The van der Waals surface area contributed by atoms with Crippen molar-refractivity contribution in [2.75, 3.05) is 19.6 Å². The normalized spacial score (nSPS) is 22.2. The number of likely N-dealkylation sites (tertiary alicyclic amines) is 1. The number of amides is 2. The number of hydrogen-bond acceptors (Lipinski definition) is 3. The molecular formula is C18H30N2O3. The van der Waals surface area contributed by atoms with Crippen molar-refractivity contribution in [3.05, 3.63) is 12.2 Å². The van der Waals surface area contributed by atoms with Crippen molar-refractivity contribution >= 4 is 12.0 Å². The number of rotatable bonds is 4. The van der Waals surface area contributed by atoms with Crippen molar-refractivity contribution in [3.63, 3.8) is 0 Å². The average molecular weight is 322 g/mol. The van der Waals surface area contributed by atoms with E-state index in [9.17, 15) is 9.59 Å². The van der Waals surface area contributed by atoms with Gasteiger partial charge in [0, 0.05) is 25.6 Å². The van der Waals surface area contributed by atoms with Gasteiger partial charge in [0.05, 0.1) is 0 Å². The Bertz CT molecular complexity index is 446. The Kier molecular flexibility index (Phi) is 6.08. The molecule has 130 valence electrons. The Morgan fingerprint density at radius 2 is 1.96 bits per heavy atom. The molecule has 1 fully saturated rings. The van der Waals surface area contributed by atoms with E-state index in [1.807, 2.05) is 25.7 Å². The number of ether oxygens (including phenoxy) is 1. The first kappa shape index (κ1) is 17.8. The minimum atomic E-state index is -0.451. The van der Waals surface area contributed by atoms with Gasteiger partial charge in [-0.1, -0.05) is 12.2 Å². The molecule has 2 amide bonds. The van der Waals surface area contributed by atoms with Crippen molar-refractivity contribution in [3.8, 4) is 0 Å². The second-order valence-electron chi connectivity index (χ2n) is 7.65. The lowest BCUT2D eigenvalue weighted by atomic mass is 9.95. The highest BCUT2D eigenvalue weighted by molar-refractivity contribution is 5.79. The van der Waals surface area contributed by atoms with Gasteiger partial charge in [-0.05, 0) is 58.8 Å². The van der Waals surface area contributed by atoms with Crippen molar-refractivity contribution in [2.45, 2.75) is 58.5 Å². The lowest BCUT2D eigenvalue weighted by Crippen LogP contribution is -2.43. The summed E-state index contributed by atoms with van der Waals surface area (Å²) in [6.45, 7) is 7.86. The molecule has 1 heterocycles. The fourth-order valence-corrected chi connectivity index (χ4v) is 3.17. The summed E-state index contributed by atoms with van der Waals surface area (Å²) in [7, 11) is 0. The smallest absolute Gasteiger partial charge is 0.410 e. The summed E-state index contributed by atoms with van der Waals surface area (Å²) in [5.41, 5.74) is -0.451. The number of piperidine rings is 1. The van der Waals surface area contributed by atoms with E-state index in [0.717, 1.165) is 45.2 Å². The summed E-state index contributed by atoms with van der Waals surface area (Å²) in [5, 5.41) is 3.04. The third-order valence-corrected chi connectivity index (χ3v) is 4.40. The Morgan fingerprint density at radius 3 is 2.61 bits per heavy atom. The van der Waals surface area contributed by atoms with Crippen LogP contribution < -0.4 is 5.32 Å². The van der Waals surface area contributed by atoms with Gasteiger partial charge in [-0.2, -0.15) is 0 Å². The summed E-state index contributed by atoms with van der Waals surface area (Å²) in [4.78, 5) is 25.9. The van der Waals surface area contributed by atoms with Gasteiger partial charge in [-0.15, -0.1) is 0 Å². The molecule has 1 N–H and O–H groups in total. The average Bonchev–Trinajstić information content (AvgIpc) is 3.00. The van der Waals surface area contributed by atoms with Crippen LogP contribution in [-0.2, 0) is 9.53 Å². The van der Waals surface area contributed by atoms with Gasteiger partial charge in [0.2, 0.25) is 5.91 Å². The largest absolute Gasteiger partial charge is 0.444 e. The Labute approximate surface area is 139 Å². The quantitative estimate of drug-likeness (QED) is 0.809. The van der Waals surface area contributed by atoms with Crippen LogP contribution in [0.15, 0.2) is 12.2 Å². The van der Waals surface area contributed by atoms with Crippen LogP contribution in [0.25, 0.3) is 0 Å². The van der Waals surface area contributed by atoms with Crippen LogP contribution in [0.3, 0.4) is 0 Å². The molecule has 0 saturated carbocycles. The number of nitrogens with zero attached hydrogens (tertiary/aromatic N) is 1. The maximum Gasteiger partial charge on any atom is 0.410 e. The molecule has 1 aliphatic heterocycles. The van der Waals surface area contributed by atoms with Gasteiger partial charge >= 0.3 is 6.09 Å². The number of hydrogen-bond donors (Lipinski definition) is 1. The van der Waals surface area contributed by atoms with E-state index in [-0.39, 0.29) is 17.9 Å². The molecule has 0 aromatic carbocycles. The molecule has 1 saturated heterocycles. The molecule has 0 aromatic heterocycles. The topological polar surface area (TPSA) is 58.6 Å². The van der Waals surface area contributed by atoms with Crippen LogP contribution in [0, 0.1) is 11.8 Å². The first-order valence-corrected chi connectivity index (χ1v) is 8.76. The summed E-state index contributed by atoms with van der Waals surface area (Å²) in [5.74, 6) is 0.729. The molecule has 0 spiro atoms. The third kappa shape index (κ3) is 5.88. The Balaban J connectivity index is 1.69. The molecule has 0 bridgehead atoms. The predicted octanol–water partition coefficient (Wildman–Crippen LogP) is 3.11. The summed E-state index contributed by atoms with van der Waals surface area (Å²) in [6, 6.07) is 0. The molecule has 2 rings (SSSR count). The first-order chi connectivity index (χ1) is 10.8. The maximum atomic E-state index is 12.1. The van der Waals surface area contributed by atoms with E-state index in [2.05, 4.69) is 17.5 Å². The van der Waals surface area contributed by atoms with Crippen molar-refractivity contribution in [2.24, 2.45) is 11.8 Å². The summed E-state index contributed by atoms with van der Waals surface area (Å²) in [6.07, 6.45) is 8.69. The number of allylic oxidation sites excluding steroid dienone is 2. The Morgan fingerprint density at radius 1 is 1.26 bits per heavy atom. The van der Waals surface area contributed by atoms with E-state index in [4.69, 9.17) is 4.74 Å². The van der Waals surface area contributed by atoms with Crippen LogP contribution >= 0.6 is 0 Å². The van der Waals surface area contributed by atoms with Crippen LogP contribution in [0.2, 0.25) is 0 Å². The van der Waals surface area contributed by atoms with Crippen molar-refractivity contribution < 1.29 is 14.3 Å². The fraction of sp³-hybridized carbons (Fsp3) is 0.778. The molecular weight excluding hydrogens is 292 g/mol. The second-order valence-corrected chi connectivity index (χ2v) is 7.65.